The highest BCUT2D eigenvalue weighted by Gasteiger charge is 2.17. The predicted molar refractivity (Wildman–Crippen MR) is 110 cm³/mol. The zero-order valence-electron chi connectivity index (χ0n) is 16.0. The summed E-state index contributed by atoms with van der Waals surface area (Å²) in [5, 5.41) is 9.92. The van der Waals surface area contributed by atoms with Gasteiger partial charge >= 0.3 is 0 Å². The fraction of sp³-hybridized carbons (Fsp3) is 0.150. The fourth-order valence-electron chi connectivity index (χ4n) is 2.63. The van der Waals surface area contributed by atoms with Gasteiger partial charge in [-0.2, -0.15) is 5.10 Å². The summed E-state index contributed by atoms with van der Waals surface area (Å²) in [6.45, 7) is 0. The first-order chi connectivity index (χ1) is 13.9. The first kappa shape index (κ1) is 20.2. The maximum absolute atomic E-state index is 12.6. The Balaban J connectivity index is 1.75. The van der Waals surface area contributed by atoms with Gasteiger partial charge in [0.2, 0.25) is 0 Å². The van der Waals surface area contributed by atoms with Gasteiger partial charge in [0.05, 0.1) is 24.8 Å². The molecule has 1 heterocycles. The molecule has 2 N–H and O–H groups in total. The second kappa shape index (κ2) is 8.66. The van der Waals surface area contributed by atoms with Gasteiger partial charge in [0.15, 0.2) is 17.2 Å². The summed E-state index contributed by atoms with van der Waals surface area (Å²) in [6, 6.07) is 13.2. The lowest BCUT2D eigenvalue weighted by molar-refractivity contribution is 0.101. The quantitative estimate of drug-likeness (QED) is 0.642. The smallest absolute Gasteiger partial charge is 0.276 e. The van der Waals surface area contributed by atoms with Gasteiger partial charge in [-0.15, -0.1) is 0 Å². The highest BCUT2D eigenvalue weighted by atomic mass is 35.5. The van der Waals surface area contributed by atoms with E-state index in [-0.39, 0.29) is 5.69 Å². The van der Waals surface area contributed by atoms with Crippen LogP contribution in [0.4, 0.5) is 11.5 Å². The van der Waals surface area contributed by atoms with Crippen LogP contribution in [0.5, 0.6) is 11.5 Å². The number of nitrogens with one attached hydrogen (secondary N) is 2. The van der Waals surface area contributed by atoms with Crippen molar-refractivity contribution >= 4 is 34.9 Å². The van der Waals surface area contributed by atoms with Crippen LogP contribution < -0.4 is 20.1 Å². The number of aromatic nitrogens is 2. The Kier molecular flexibility index (Phi) is 6.04. The Morgan fingerprint density at radius 2 is 1.69 bits per heavy atom. The first-order valence-corrected chi connectivity index (χ1v) is 8.94. The Labute approximate surface area is 172 Å². The second-order valence-corrected chi connectivity index (χ2v) is 6.40. The number of amides is 2. The molecular formula is C20H19ClN4O4. The SMILES string of the molecule is COc1ccc(NC(=O)c2cc(NC(=O)c3ccccc3Cl)n(C)n2)cc1OC. The van der Waals surface area contributed by atoms with Crippen molar-refractivity contribution in [2.24, 2.45) is 7.05 Å². The molecule has 0 aliphatic carbocycles. The van der Waals surface area contributed by atoms with Crippen LogP contribution in [0.25, 0.3) is 0 Å². The van der Waals surface area contributed by atoms with Gasteiger partial charge in [0.1, 0.15) is 5.82 Å². The number of ether oxygens (including phenoxy) is 2. The van der Waals surface area contributed by atoms with E-state index in [0.717, 1.165) is 0 Å². The molecular weight excluding hydrogens is 396 g/mol. The van der Waals surface area contributed by atoms with Crippen LogP contribution in [0.15, 0.2) is 48.5 Å². The van der Waals surface area contributed by atoms with Crippen molar-refractivity contribution < 1.29 is 19.1 Å². The largest absolute Gasteiger partial charge is 0.493 e. The fourth-order valence-corrected chi connectivity index (χ4v) is 2.85. The molecule has 2 amide bonds. The van der Waals surface area contributed by atoms with Crippen molar-refractivity contribution in [3.8, 4) is 11.5 Å². The maximum atomic E-state index is 12.6. The van der Waals surface area contributed by atoms with E-state index in [1.807, 2.05) is 0 Å². The molecule has 150 valence electrons. The minimum Gasteiger partial charge on any atom is -0.493 e. The van der Waals surface area contributed by atoms with E-state index in [1.54, 1.807) is 49.5 Å². The van der Waals surface area contributed by atoms with Crippen molar-refractivity contribution in [2.75, 3.05) is 24.9 Å². The van der Waals surface area contributed by atoms with E-state index >= 15 is 0 Å². The normalized spacial score (nSPS) is 10.3. The zero-order valence-corrected chi connectivity index (χ0v) is 16.8. The van der Waals surface area contributed by atoms with E-state index in [9.17, 15) is 9.59 Å². The average molecular weight is 415 g/mol. The topological polar surface area (TPSA) is 94.5 Å². The molecule has 1 aromatic heterocycles. The molecule has 3 rings (SSSR count). The summed E-state index contributed by atoms with van der Waals surface area (Å²) in [7, 11) is 4.66. The van der Waals surface area contributed by atoms with E-state index in [2.05, 4.69) is 15.7 Å². The van der Waals surface area contributed by atoms with E-state index in [4.69, 9.17) is 21.1 Å². The van der Waals surface area contributed by atoms with Gasteiger partial charge < -0.3 is 20.1 Å². The summed E-state index contributed by atoms with van der Waals surface area (Å²) in [5.74, 6) is 0.552. The molecule has 0 aliphatic rings. The number of rotatable bonds is 6. The summed E-state index contributed by atoms with van der Waals surface area (Å²) < 4.78 is 11.8. The van der Waals surface area contributed by atoms with E-state index in [0.29, 0.717) is 33.6 Å². The molecule has 0 saturated carbocycles. The predicted octanol–water partition coefficient (Wildman–Crippen LogP) is 3.60. The van der Waals surface area contributed by atoms with E-state index < -0.39 is 11.8 Å². The van der Waals surface area contributed by atoms with Crippen molar-refractivity contribution in [3.63, 3.8) is 0 Å². The molecule has 0 atom stereocenters. The van der Waals surface area contributed by atoms with Crippen molar-refractivity contribution in [3.05, 3.63) is 64.8 Å². The number of benzene rings is 2. The van der Waals surface area contributed by atoms with Gasteiger partial charge in [-0.05, 0) is 24.3 Å². The minimum atomic E-state index is -0.439. The lowest BCUT2D eigenvalue weighted by Crippen LogP contribution is -2.14. The molecule has 2 aromatic carbocycles. The Bertz CT molecular complexity index is 1060. The lowest BCUT2D eigenvalue weighted by atomic mass is 10.2. The molecule has 0 fully saturated rings. The van der Waals surface area contributed by atoms with Crippen LogP contribution in [0, 0.1) is 0 Å². The van der Waals surface area contributed by atoms with Crippen LogP contribution in [0.2, 0.25) is 5.02 Å². The van der Waals surface area contributed by atoms with Crippen molar-refractivity contribution in [2.45, 2.75) is 0 Å². The number of anilines is 2. The van der Waals surface area contributed by atoms with Gasteiger partial charge in [-0.1, -0.05) is 23.7 Å². The van der Waals surface area contributed by atoms with Crippen LogP contribution in [0.1, 0.15) is 20.8 Å². The van der Waals surface area contributed by atoms with Crippen molar-refractivity contribution in [1.82, 2.24) is 9.78 Å². The van der Waals surface area contributed by atoms with Crippen LogP contribution in [-0.2, 0) is 7.05 Å². The minimum absolute atomic E-state index is 0.136. The first-order valence-electron chi connectivity index (χ1n) is 8.56. The van der Waals surface area contributed by atoms with Crippen molar-refractivity contribution in [1.29, 1.82) is 0 Å². The molecule has 0 saturated heterocycles. The third-order valence-corrected chi connectivity index (χ3v) is 4.44. The van der Waals surface area contributed by atoms with E-state index in [1.165, 1.54) is 25.0 Å². The van der Waals surface area contributed by atoms with Gasteiger partial charge in [-0.3, -0.25) is 14.3 Å². The van der Waals surface area contributed by atoms with Crippen LogP contribution in [-0.4, -0.2) is 35.8 Å². The highest BCUT2D eigenvalue weighted by molar-refractivity contribution is 6.34. The molecule has 8 nitrogen and oxygen atoms in total. The Morgan fingerprint density at radius 1 is 0.966 bits per heavy atom. The molecule has 0 aliphatic heterocycles. The van der Waals surface area contributed by atoms with Gasteiger partial charge in [-0.25, -0.2) is 0 Å². The second-order valence-electron chi connectivity index (χ2n) is 6.00. The van der Waals surface area contributed by atoms with Crippen LogP contribution >= 0.6 is 11.6 Å². The molecule has 0 spiro atoms. The number of hydrogen-bond donors (Lipinski definition) is 2. The van der Waals surface area contributed by atoms with Crippen LogP contribution in [0.3, 0.4) is 0 Å². The number of nitrogens with zero attached hydrogens (tertiary/aromatic N) is 2. The molecule has 29 heavy (non-hydrogen) atoms. The number of hydrogen-bond acceptors (Lipinski definition) is 5. The number of carbonyl (C=O) groups excluding carboxylic acids is 2. The molecule has 0 bridgehead atoms. The Morgan fingerprint density at radius 3 is 2.38 bits per heavy atom. The summed E-state index contributed by atoms with van der Waals surface area (Å²) in [5.41, 5.74) is 0.975. The molecule has 9 heteroatoms. The zero-order chi connectivity index (χ0) is 21.0. The monoisotopic (exact) mass is 414 g/mol. The number of methoxy groups -OCH3 is 2. The number of halogens is 1. The molecule has 0 unspecified atom stereocenters. The summed E-state index contributed by atoms with van der Waals surface area (Å²) in [6.07, 6.45) is 0. The standard InChI is InChI=1S/C20H19ClN4O4/c1-25-18(23-19(26)13-6-4-5-7-14(13)21)11-15(24-25)20(27)22-12-8-9-16(28-2)17(10-12)29-3/h4-11H,1-3H3,(H,22,27)(H,23,26). The average Bonchev–Trinajstić information content (AvgIpc) is 3.08. The maximum Gasteiger partial charge on any atom is 0.276 e. The Hall–Kier alpha value is -3.52. The third-order valence-electron chi connectivity index (χ3n) is 4.11. The van der Waals surface area contributed by atoms with Gasteiger partial charge in [0, 0.05) is 24.9 Å². The van der Waals surface area contributed by atoms with Gasteiger partial charge in [0.25, 0.3) is 11.8 Å². The number of carbonyl (C=O) groups is 2. The highest BCUT2D eigenvalue weighted by Crippen LogP contribution is 2.30. The summed E-state index contributed by atoms with van der Waals surface area (Å²) in [4.78, 5) is 25.0. The third kappa shape index (κ3) is 4.49. The molecule has 0 radical (unpaired) electrons. The summed E-state index contributed by atoms with van der Waals surface area (Å²) >= 11 is 6.05. The molecule has 3 aromatic rings. The lowest BCUT2D eigenvalue weighted by Gasteiger charge is -2.09. The number of aryl methyl sites for hydroxylation is 1.